The van der Waals surface area contributed by atoms with Crippen molar-refractivity contribution >= 4 is 0 Å². The summed E-state index contributed by atoms with van der Waals surface area (Å²) in [4.78, 5) is 4.74. The molecule has 4 heteroatoms. The Morgan fingerprint density at radius 1 is 1.17 bits per heavy atom. The first kappa shape index (κ1) is 18.0. The van der Waals surface area contributed by atoms with Gasteiger partial charge in [-0.25, -0.2) is 0 Å². The summed E-state index contributed by atoms with van der Waals surface area (Å²) < 4.78 is 5.56. The molecule has 4 nitrogen and oxygen atoms in total. The van der Waals surface area contributed by atoms with E-state index in [0.29, 0.717) is 6.54 Å². The standard InChI is InChI=1S/C19H28N2O2/c1-4-19(2,3)23-16-18(22)15-21-12-10-20(11-13-21)14-17-8-6-5-7-9-17/h1,5-9,18,22H,10-16H2,2-3H3/t18-/m1/s1. The highest BCUT2D eigenvalue weighted by atomic mass is 16.5. The summed E-state index contributed by atoms with van der Waals surface area (Å²) in [5.41, 5.74) is 0.737. The molecule has 126 valence electrons. The molecule has 23 heavy (non-hydrogen) atoms. The lowest BCUT2D eigenvalue weighted by atomic mass is 10.1. The Labute approximate surface area is 140 Å². The molecule has 0 aromatic heterocycles. The van der Waals surface area contributed by atoms with Crippen LogP contribution in [0.15, 0.2) is 30.3 Å². The van der Waals surface area contributed by atoms with Crippen LogP contribution in [0.4, 0.5) is 0 Å². The fraction of sp³-hybridized carbons (Fsp3) is 0.579. The quantitative estimate of drug-likeness (QED) is 0.775. The number of nitrogens with zero attached hydrogens (tertiary/aromatic N) is 2. The maximum atomic E-state index is 10.1. The minimum Gasteiger partial charge on any atom is -0.389 e. The molecule has 1 atom stereocenters. The summed E-state index contributed by atoms with van der Waals surface area (Å²) in [7, 11) is 0. The van der Waals surface area contributed by atoms with Gasteiger partial charge in [0.1, 0.15) is 5.60 Å². The van der Waals surface area contributed by atoms with E-state index < -0.39 is 11.7 Å². The number of rotatable bonds is 7. The molecule has 0 saturated carbocycles. The number of aliphatic hydroxyl groups is 1. The van der Waals surface area contributed by atoms with E-state index in [-0.39, 0.29) is 6.61 Å². The Morgan fingerprint density at radius 2 is 1.78 bits per heavy atom. The Balaban J connectivity index is 1.67. The predicted octanol–water partition coefficient (Wildman–Crippen LogP) is 1.59. The molecule has 0 aliphatic carbocycles. The van der Waals surface area contributed by atoms with Crippen LogP contribution >= 0.6 is 0 Å². The zero-order valence-corrected chi connectivity index (χ0v) is 14.2. The molecule has 1 N–H and O–H groups in total. The molecular formula is C19H28N2O2. The Morgan fingerprint density at radius 3 is 2.39 bits per heavy atom. The van der Waals surface area contributed by atoms with Gasteiger partial charge < -0.3 is 9.84 Å². The number of piperazine rings is 1. The van der Waals surface area contributed by atoms with Gasteiger partial charge >= 0.3 is 0 Å². The fourth-order valence-corrected chi connectivity index (χ4v) is 2.67. The smallest absolute Gasteiger partial charge is 0.122 e. The van der Waals surface area contributed by atoms with Gasteiger partial charge in [-0.3, -0.25) is 9.80 Å². The van der Waals surface area contributed by atoms with Crippen molar-refractivity contribution in [2.75, 3.05) is 39.3 Å². The van der Waals surface area contributed by atoms with Crippen LogP contribution in [0.2, 0.25) is 0 Å². The minimum atomic E-state index is -0.616. The van der Waals surface area contributed by atoms with Gasteiger partial charge in [-0.15, -0.1) is 6.42 Å². The molecule has 0 radical (unpaired) electrons. The molecule has 0 amide bonds. The summed E-state index contributed by atoms with van der Waals surface area (Å²) in [5.74, 6) is 2.58. The molecule has 0 spiro atoms. The van der Waals surface area contributed by atoms with Gasteiger partial charge in [-0.2, -0.15) is 0 Å². The first-order valence-corrected chi connectivity index (χ1v) is 8.27. The van der Waals surface area contributed by atoms with E-state index in [9.17, 15) is 5.11 Å². The number of benzene rings is 1. The van der Waals surface area contributed by atoms with Crippen molar-refractivity contribution in [2.45, 2.75) is 32.1 Å². The van der Waals surface area contributed by atoms with Crippen molar-refractivity contribution in [3.8, 4) is 12.3 Å². The fourth-order valence-electron chi connectivity index (χ4n) is 2.67. The molecule has 1 saturated heterocycles. The maximum absolute atomic E-state index is 10.1. The van der Waals surface area contributed by atoms with Crippen LogP contribution in [0, 0.1) is 12.3 Å². The SMILES string of the molecule is C#CC(C)(C)OC[C@H](O)CN1CCN(Cc2ccccc2)CC1. The summed E-state index contributed by atoms with van der Waals surface area (Å²) in [6.07, 6.45) is 4.89. The van der Waals surface area contributed by atoms with Crippen molar-refractivity contribution in [3.63, 3.8) is 0 Å². The van der Waals surface area contributed by atoms with Crippen LogP contribution in [0.5, 0.6) is 0 Å². The van der Waals surface area contributed by atoms with Crippen molar-refractivity contribution in [3.05, 3.63) is 35.9 Å². The van der Waals surface area contributed by atoms with Crippen LogP contribution < -0.4 is 0 Å². The van der Waals surface area contributed by atoms with Gasteiger partial charge in [-0.05, 0) is 19.4 Å². The average Bonchev–Trinajstić information content (AvgIpc) is 2.56. The third kappa shape index (κ3) is 6.32. The van der Waals surface area contributed by atoms with Gasteiger partial charge in [0.2, 0.25) is 0 Å². The second kappa shape index (κ2) is 8.47. The van der Waals surface area contributed by atoms with Crippen LogP contribution in [-0.2, 0) is 11.3 Å². The van der Waals surface area contributed by atoms with Crippen molar-refractivity contribution < 1.29 is 9.84 Å². The third-order valence-corrected chi connectivity index (χ3v) is 4.17. The van der Waals surface area contributed by atoms with E-state index >= 15 is 0 Å². The zero-order valence-electron chi connectivity index (χ0n) is 14.2. The lowest BCUT2D eigenvalue weighted by molar-refractivity contribution is -0.0410. The third-order valence-electron chi connectivity index (χ3n) is 4.17. The van der Waals surface area contributed by atoms with E-state index in [1.54, 1.807) is 0 Å². The van der Waals surface area contributed by atoms with Gasteiger partial charge in [0, 0.05) is 39.3 Å². The van der Waals surface area contributed by atoms with Gasteiger partial charge in [0.15, 0.2) is 0 Å². The summed E-state index contributed by atoms with van der Waals surface area (Å²) in [5, 5.41) is 10.1. The molecule has 1 fully saturated rings. The van der Waals surface area contributed by atoms with E-state index in [4.69, 9.17) is 11.2 Å². The number of ether oxygens (including phenoxy) is 1. The number of aliphatic hydroxyl groups excluding tert-OH is 1. The average molecular weight is 316 g/mol. The molecule has 1 aromatic carbocycles. The highest BCUT2D eigenvalue weighted by Crippen LogP contribution is 2.10. The molecule has 1 aliphatic heterocycles. The molecule has 0 unspecified atom stereocenters. The zero-order chi connectivity index (χ0) is 16.7. The van der Waals surface area contributed by atoms with Gasteiger partial charge in [0.25, 0.3) is 0 Å². The lowest BCUT2D eigenvalue weighted by Gasteiger charge is -2.35. The van der Waals surface area contributed by atoms with E-state index in [0.717, 1.165) is 32.7 Å². The van der Waals surface area contributed by atoms with Crippen LogP contribution in [0.3, 0.4) is 0 Å². The lowest BCUT2D eigenvalue weighted by Crippen LogP contribution is -2.48. The van der Waals surface area contributed by atoms with Crippen LogP contribution in [0.1, 0.15) is 19.4 Å². The molecule has 1 aromatic rings. The summed E-state index contributed by atoms with van der Waals surface area (Å²) in [6, 6.07) is 10.5. The number of hydrogen-bond acceptors (Lipinski definition) is 4. The van der Waals surface area contributed by atoms with Crippen LogP contribution in [0.25, 0.3) is 0 Å². The van der Waals surface area contributed by atoms with E-state index in [1.807, 2.05) is 19.9 Å². The van der Waals surface area contributed by atoms with Crippen molar-refractivity contribution in [2.24, 2.45) is 0 Å². The molecule has 0 bridgehead atoms. The predicted molar refractivity (Wildman–Crippen MR) is 93.0 cm³/mol. The number of hydrogen-bond donors (Lipinski definition) is 1. The molecular weight excluding hydrogens is 288 g/mol. The Kier molecular flexibility index (Phi) is 6.61. The van der Waals surface area contributed by atoms with E-state index in [2.05, 4.69) is 40.0 Å². The molecule has 2 rings (SSSR count). The Bertz CT molecular complexity index is 502. The highest BCUT2D eigenvalue weighted by molar-refractivity contribution is 5.14. The van der Waals surface area contributed by atoms with Gasteiger partial charge in [0.05, 0.1) is 12.7 Å². The van der Waals surface area contributed by atoms with Crippen LogP contribution in [-0.4, -0.2) is 65.9 Å². The van der Waals surface area contributed by atoms with Crippen molar-refractivity contribution in [1.82, 2.24) is 9.80 Å². The largest absolute Gasteiger partial charge is 0.389 e. The molecule has 1 aliphatic rings. The van der Waals surface area contributed by atoms with Gasteiger partial charge in [-0.1, -0.05) is 36.3 Å². The normalized spacial score (nSPS) is 18.5. The van der Waals surface area contributed by atoms with Crippen molar-refractivity contribution in [1.29, 1.82) is 0 Å². The second-order valence-electron chi connectivity index (χ2n) is 6.68. The first-order valence-electron chi connectivity index (χ1n) is 8.27. The number of β-amino-alcohol motifs (C(OH)–C–C–N with tert-alkyl or cyclic N) is 1. The monoisotopic (exact) mass is 316 g/mol. The summed E-state index contributed by atoms with van der Waals surface area (Å²) in [6.45, 7) is 9.59. The second-order valence-corrected chi connectivity index (χ2v) is 6.68. The minimum absolute atomic E-state index is 0.279. The number of terminal acetylenes is 1. The Hall–Kier alpha value is -1.38. The highest BCUT2D eigenvalue weighted by Gasteiger charge is 2.21. The maximum Gasteiger partial charge on any atom is 0.122 e. The first-order chi connectivity index (χ1) is 11.0. The summed E-state index contributed by atoms with van der Waals surface area (Å²) >= 11 is 0. The topological polar surface area (TPSA) is 35.9 Å². The molecule has 1 heterocycles. The van der Waals surface area contributed by atoms with E-state index in [1.165, 1.54) is 5.56 Å².